The molecule has 4 aromatic rings. The standard InChI is InChI=1S/C27H28ClN5O2S2/c1-6-11-33-25(19(5)35-21-12-17(3)24(28)18(4)13-21)31-32-27(33)37-15-23(34)30-26-29-22(14-36-26)20-9-7-16(2)8-10-20/h6-10,12-14,19H,1,11,15H2,2-5H3,(H,29,30,34). The molecule has 0 saturated carbocycles. The minimum Gasteiger partial charge on any atom is -0.483 e. The third-order valence-electron chi connectivity index (χ3n) is 5.57. The van der Waals surface area contributed by atoms with Crippen LogP contribution in [0.15, 0.2) is 59.6 Å². The minimum absolute atomic E-state index is 0.166. The number of halogens is 1. The third-order valence-corrected chi connectivity index (χ3v) is 7.89. The van der Waals surface area contributed by atoms with Crippen molar-refractivity contribution in [1.82, 2.24) is 19.7 Å². The van der Waals surface area contributed by atoms with Gasteiger partial charge in [-0.15, -0.1) is 28.1 Å². The second-order valence-electron chi connectivity index (χ2n) is 8.61. The van der Waals surface area contributed by atoms with Gasteiger partial charge in [0, 0.05) is 22.5 Å². The Morgan fingerprint density at radius 1 is 1.22 bits per heavy atom. The lowest BCUT2D eigenvalue weighted by atomic mass is 10.1. The van der Waals surface area contributed by atoms with Gasteiger partial charge < -0.3 is 10.1 Å². The zero-order valence-corrected chi connectivity index (χ0v) is 23.5. The van der Waals surface area contributed by atoms with Crippen LogP contribution in [-0.2, 0) is 11.3 Å². The van der Waals surface area contributed by atoms with Crippen molar-refractivity contribution in [3.63, 3.8) is 0 Å². The van der Waals surface area contributed by atoms with E-state index in [0.29, 0.717) is 28.4 Å². The first-order valence-electron chi connectivity index (χ1n) is 11.7. The highest BCUT2D eigenvalue weighted by Gasteiger charge is 2.20. The van der Waals surface area contributed by atoms with Crippen molar-refractivity contribution in [2.45, 2.75) is 45.5 Å². The van der Waals surface area contributed by atoms with Gasteiger partial charge in [0.25, 0.3) is 0 Å². The average Bonchev–Trinajstić information content (AvgIpc) is 3.49. The first-order chi connectivity index (χ1) is 17.7. The zero-order valence-electron chi connectivity index (χ0n) is 21.1. The van der Waals surface area contributed by atoms with Gasteiger partial charge in [-0.1, -0.05) is 59.3 Å². The van der Waals surface area contributed by atoms with Crippen LogP contribution in [0.5, 0.6) is 5.75 Å². The molecule has 7 nitrogen and oxygen atoms in total. The number of aryl methyl sites for hydroxylation is 3. The van der Waals surface area contributed by atoms with Crippen LogP contribution < -0.4 is 10.1 Å². The van der Waals surface area contributed by atoms with Crippen molar-refractivity contribution in [3.8, 4) is 17.0 Å². The van der Waals surface area contributed by atoms with Crippen LogP contribution >= 0.6 is 34.7 Å². The predicted molar refractivity (Wildman–Crippen MR) is 152 cm³/mol. The maximum Gasteiger partial charge on any atom is 0.236 e. The molecular formula is C27H28ClN5O2S2. The van der Waals surface area contributed by atoms with E-state index in [0.717, 1.165) is 27.4 Å². The summed E-state index contributed by atoms with van der Waals surface area (Å²) in [5, 5.41) is 15.4. The summed E-state index contributed by atoms with van der Waals surface area (Å²) < 4.78 is 8.06. The maximum atomic E-state index is 12.6. The number of thioether (sulfide) groups is 1. The van der Waals surface area contributed by atoms with E-state index in [-0.39, 0.29) is 17.8 Å². The van der Waals surface area contributed by atoms with E-state index in [1.807, 2.05) is 74.0 Å². The van der Waals surface area contributed by atoms with Crippen molar-refractivity contribution < 1.29 is 9.53 Å². The largest absolute Gasteiger partial charge is 0.483 e. The Kier molecular flexibility index (Phi) is 8.68. The molecule has 2 aromatic heterocycles. The molecule has 0 saturated heterocycles. The lowest BCUT2D eigenvalue weighted by Gasteiger charge is -2.17. The number of thiazole rings is 1. The summed E-state index contributed by atoms with van der Waals surface area (Å²) >= 11 is 8.99. The molecule has 1 N–H and O–H groups in total. The van der Waals surface area contributed by atoms with E-state index in [2.05, 4.69) is 27.1 Å². The van der Waals surface area contributed by atoms with Gasteiger partial charge in [0.05, 0.1) is 11.4 Å². The number of nitrogens with one attached hydrogen (secondary N) is 1. The fourth-order valence-corrected chi connectivity index (χ4v) is 5.31. The normalized spacial score (nSPS) is 11.8. The highest BCUT2D eigenvalue weighted by Crippen LogP contribution is 2.30. The number of carbonyl (C=O) groups excluding carboxylic acids is 1. The first kappa shape index (κ1) is 26.9. The topological polar surface area (TPSA) is 81.9 Å². The molecule has 0 aliphatic carbocycles. The van der Waals surface area contributed by atoms with E-state index >= 15 is 0 Å². The SMILES string of the molecule is C=CCn1c(SCC(=O)Nc2nc(-c3ccc(C)cc3)cs2)nnc1C(C)Oc1cc(C)c(Cl)c(C)c1. The van der Waals surface area contributed by atoms with E-state index in [1.54, 1.807) is 6.08 Å². The van der Waals surface area contributed by atoms with Gasteiger partial charge in [0.2, 0.25) is 5.91 Å². The Balaban J connectivity index is 1.40. The smallest absolute Gasteiger partial charge is 0.236 e. The summed E-state index contributed by atoms with van der Waals surface area (Å²) in [7, 11) is 0. The van der Waals surface area contributed by atoms with Gasteiger partial charge in [-0.05, 0) is 51.0 Å². The van der Waals surface area contributed by atoms with Crippen molar-refractivity contribution in [3.05, 3.63) is 82.0 Å². The summed E-state index contributed by atoms with van der Waals surface area (Å²) in [4.78, 5) is 17.2. The Hall–Kier alpha value is -3.14. The molecule has 0 radical (unpaired) electrons. The van der Waals surface area contributed by atoms with Gasteiger partial charge in [-0.25, -0.2) is 4.98 Å². The molecule has 2 heterocycles. The number of aromatic nitrogens is 4. The van der Waals surface area contributed by atoms with Crippen LogP contribution in [0.1, 0.15) is 35.5 Å². The zero-order chi connectivity index (χ0) is 26.5. The fourth-order valence-electron chi connectivity index (χ4n) is 3.71. The number of allylic oxidation sites excluding steroid dienone is 1. The molecule has 0 fully saturated rings. The average molecular weight is 554 g/mol. The third kappa shape index (κ3) is 6.60. The van der Waals surface area contributed by atoms with E-state index in [4.69, 9.17) is 16.3 Å². The lowest BCUT2D eigenvalue weighted by molar-refractivity contribution is -0.113. The van der Waals surface area contributed by atoms with E-state index in [1.165, 1.54) is 28.7 Å². The summed E-state index contributed by atoms with van der Waals surface area (Å²) in [6.07, 6.45) is 1.40. The molecule has 0 aliphatic heterocycles. The van der Waals surface area contributed by atoms with E-state index < -0.39 is 0 Å². The fraction of sp³-hybridized carbons (Fsp3) is 0.259. The number of rotatable bonds is 10. The van der Waals surface area contributed by atoms with Crippen molar-refractivity contribution in [2.75, 3.05) is 11.1 Å². The second-order valence-corrected chi connectivity index (χ2v) is 10.8. The Labute approximate surface area is 230 Å². The van der Waals surface area contributed by atoms with Crippen LogP contribution in [0.2, 0.25) is 5.02 Å². The number of hydrogen-bond acceptors (Lipinski definition) is 7. The molecule has 1 amide bonds. The minimum atomic E-state index is -0.369. The van der Waals surface area contributed by atoms with Crippen molar-refractivity contribution in [1.29, 1.82) is 0 Å². The molecule has 4 rings (SSSR count). The highest BCUT2D eigenvalue weighted by molar-refractivity contribution is 7.99. The highest BCUT2D eigenvalue weighted by atomic mass is 35.5. The van der Waals surface area contributed by atoms with Gasteiger partial charge in [0.15, 0.2) is 22.2 Å². The molecule has 37 heavy (non-hydrogen) atoms. The predicted octanol–water partition coefficient (Wildman–Crippen LogP) is 7.04. The van der Waals surface area contributed by atoms with Gasteiger partial charge in [0.1, 0.15) is 5.75 Å². The van der Waals surface area contributed by atoms with Crippen LogP contribution in [0.4, 0.5) is 5.13 Å². The van der Waals surface area contributed by atoms with Crippen LogP contribution in [0.3, 0.4) is 0 Å². The summed E-state index contributed by atoms with van der Waals surface area (Å²) in [6.45, 7) is 12.2. The number of carbonyl (C=O) groups is 1. The monoisotopic (exact) mass is 553 g/mol. The number of ether oxygens (including phenoxy) is 1. The van der Waals surface area contributed by atoms with Gasteiger partial charge >= 0.3 is 0 Å². The number of benzene rings is 2. The molecule has 0 spiro atoms. The second kappa shape index (κ2) is 11.9. The van der Waals surface area contributed by atoms with Crippen molar-refractivity contribution in [2.24, 2.45) is 0 Å². The number of nitrogens with zero attached hydrogens (tertiary/aromatic N) is 4. The van der Waals surface area contributed by atoms with Gasteiger partial charge in [-0.2, -0.15) is 0 Å². The van der Waals surface area contributed by atoms with Gasteiger partial charge in [-0.3, -0.25) is 9.36 Å². The first-order valence-corrected chi connectivity index (χ1v) is 13.9. The van der Waals surface area contributed by atoms with Crippen molar-refractivity contribution >= 4 is 45.7 Å². The summed E-state index contributed by atoms with van der Waals surface area (Å²) in [5.41, 5.74) is 4.94. The molecular weight excluding hydrogens is 526 g/mol. The summed E-state index contributed by atoms with van der Waals surface area (Å²) in [6, 6.07) is 11.9. The molecule has 1 unspecified atom stereocenters. The Morgan fingerprint density at radius 2 is 1.92 bits per heavy atom. The number of amides is 1. The van der Waals surface area contributed by atoms with Crippen LogP contribution in [0, 0.1) is 20.8 Å². The molecule has 0 bridgehead atoms. The summed E-state index contributed by atoms with van der Waals surface area (Å²) in [5.74, 6) is 1.36. The van der Waals surface area contributed by atoms with Crippen LogP contribution in [-0.4, -0.2) is 31.4 Å². The Morgan fingerprint density at radius 3 is 2.59 bits per heavy atom. The molecule has 2 aromatic carbocycles. The lowest BCUT2D eigenvalue weighted by Crippen LogP contribution is -2.15. The molecule has 192 valence electrons. The number of anilines is 1. The maximum absolute atomic E-state index is 12.6. The Bertz CT molecular complexity index is 1390. The quantitative estimate of drug-likeness (QED) is 0.167. The van der Waals surface area contributed by atoms with Crippen LogP contribution in [0.25, 0.3) is 11.3 Å². The molecule has 1 atom stereocenters. The molecule has 0 aliphatic rings. The number of hydrogen-bond donors (Lipinski definition) is 1. The van der Waals surface area contributed by atoms with E-state index in [9.17, 15) is 4.79 Å². The molecule has 10 heteroatoms.